The molecular formula is C14H19F2NO3S. The van der Waals surface area contributed by atoms with Crippen molar-refractivity contribution in [2.75, 3.05) is 18.9 Å². The molecule has 1 aliphatic rings. The number of sulfonamides is 1. The number of hydrogen-bond donors (Lipinski definition) is 1. The van der Waals surface area contributed by atoms with Gasteiger partial charge in [0, 0.05) is 19.2 Å². The number of nitrogens with one attached hydrogen (secondary N) is 1. The molecule has 0 saturated carbocycles. The molecule has 4 nitrogen and oxygen atoms in total. The molecule has 0 aromatic heterocycles. The van der Waals surface area contributed by atoms with E-state index in [1.54, 1.807) is 0 Å². The SMILES string of the molecule is O=S(=O)(CC[C@H]1CCCO1)NCCc1ccc(F)cc1F. The molecular weight excluding hydrogens is 300 g/mol. The van der Waals surface area contributed by atoms with E-state index in [9.17, 15) is 17.2 Å². The van der Waals surface area contributed by atoms with Crippen LogP contribution in [0.15, 0.2) is 18.2 Å². The van der Waals surface area contributed by atoms with Gasteiger partial charge in [0.2, 0.25) is 10.0 Å². The Morgan fingerprint density at radius 3 is 2.81 bits per heavy atom. The Labute approximate surface area is 123 Å². The minimum atomic E-state index is -3.39. The van der Waals surface area contributed by atoms with E-state index >= 15 is 0 Å². The van der Waals surface area contributed by atoms with Crippen molar-refractivity contribution in [3.8, 4) is 0 Å². The molecule has 1 heterocycles. The van der Waals surface area contributed by atoms with Crippen LogP contribution in [0.25, 0.3) is 0 Å². The second kappa shape index (κ2) is 7.29. The van der Waals surface area contributed by atoms with E-state index < -0.39 is 21.7 Å². The molecule has 0 unspecified atom stereocenters. The second-order valence-corrected chi connectivity index (χ2v) is 7.05. The predicted octanol–water partition coefficient (Wildman–Crippen LogP) is 2.00. The lowest BCUT2D eigenvalue weighted by atomic mass is 10.1. The first-order valence-corrected chi connectivity index (χ1v) is 8.64. The lowest BCUT2D eigenvalue weighted by Crippen LogP contribution is -2.30. The fourth-order valence-electron chi connectivity index (χ4n) is 2.30. The maximum absolute atomic E-state index is 13.4. The Hall–Kier alpha value is -1.05. The molecule has 118 valence electrons. The normalized spacial score (nSPS) is 19.0. The average molecular weight is 319 g/mol. The van der Waals surface area contributed by atoms with Gasteiger partial charge in [-0.3, -0.25) is 0 Å². The van der Waals surface area contributed by atoms with Gasteiger partial charge in [0.25, 0.3) is 0 Å². The molecule has 7 heteroatoms. The molecule has 1 aromatic carbocycles. The lowest BCUT2D eigenvalue weighted by Gasteiger charge is -2.10. The minimum absolute atomic E-state index is 0.00354. The summed E-state index contributed by atoms with van der Waals surface area (Å²) in [5, 5.41) is 0. The van der Waals surface area contributed by atoms with Crippen LogP contribution in [0.2, 0.25) is 0 Å². The quantitative estimate of drug-likeness (QED) is 0.836. The van der Waals surface area contributed by atoms with Gasteiger partial charge in [-0.2, -0.15) is 0 Å². The zero-order valence-electron chi connectivity index (χ0n) is 11.6. The van der Waals surface area contributed by atoms with E-state index in [1.165, 1.54) is 6.07 Å². The van der Waals surface area contributed by atoms with Crippen molar-refractivity contribution in [3.05, 3.63) is 35.4 Å². The maximum Gasteiger partial charge on any atom is 0.211 e. The molecule has 21 heavy (non-hydrogen) atoms. The van der Waals surface area contributed by atoms with Crippen molar-refractivity contribution in [1.82, 2.24) is 4.72 Å². The number of benzene rings is 1. The second-order valence-electron chi connectivity index (χ2n) is 5.12. The molecule has 0 aliphatic carbocycles. The molecule has 1 aromatic rings. The van der Waals surface area contributed by atoms with Crippen LogP contribution in [-0.2, 0) is 21.2 Å². The topological polar surface area (TPSA) is 55.4 Å². The first kappa shape index (κ1) is 16.3. The predicted molar refractivity (Wildman–Crippen MR) is 75.4 cm³/mol. The summed E-state index contributed by atoms with van der Waals surface area (Å²) >= 11 is 0. The molecule has 2 rings (SSSR count). The smallest absolute Gasteiger partial charge is 0.211 e. The van der Waals surface area contributed by atoms with Crippen molar-refractivity contribution in [2.45, 2.75) is 31.8 Å². The molecule has 1 N–H and O–H groups in total. The first-order valence-electron chi connectivity index (χ1n) is 6.99. The fraction of sp³-hybridized carbons (Fsp3) is 0.571. The Bertz CT molecular complexity index is 572. The molecule has 0 radical (unpaired) electrons. The van der Waals surface area contributed by atoms with Crippen LogP contribution in [0.3, 0.4) is 0 Å². The van der Waals surface area contributed by atoms with Gasteiger partial charge in [-0.25, -0.2) is 21.9 Å². The van der Waals surface area contributed by atoms with Gasteiger partial charge in [-0.05, 0) is 37.3 Å². The van der Waals surface area contributed by atoms with Gasteiger partial charge in [-0.1, -0.05) is 6.07 Å². The molecule has 0 spiro atoms. The monoisotopic (exact) mass is 319 g/mol. The molecule has 1 saturated heterocycles. The molecule has 1 aliphatic heterocycles. The third-order valence-corrected chi connectivity index (χ3v) is 4.88. The minimum Gasteiger partial charge on any atom is -0.378 e. The Morgan fingerprint density at radius 1 is 1.33 bits per heavy atom. The van der Waals surface area contributed by atoms with E-state index in [0.717, 1.165) is 25.0 Å². The molecule has 1 atom stereocenters. The summed E-state index contributed by atoms with van der Waals surface area (Å²) in [4.78, 5) is 0. The van der Waals surface area contributed by atoms with Crippen LogP contribution in [0, 0.1) is 11.6 Å². The first-order chi connectivity index (χ1) is 9.96. The number of ether oxygens (including phenoxy) is 1. The molecule has 0 bridgehead atoms. The summed E-state index contributed by atoms with van der Waals surface area (Å²) in [6.45, 7) is 0.790. The fourth-order valence-corrected chi connectivity index (χ4v) is 3.43. The Morgan fingerprint density at radius 2 is 2.14 bits per heavy atom. The number of rotatable bonds is 7. The molecule has 0 amide bonds. The maximum atomic E-state index is 13.4. The van der Waals surface area contributed by atoms with Crippen LogP contribution < -0.4 is 4.72 Å². The van der Waals surface area contributed by atoms with Crippen molar-refractivity contribution in [2.24, 2.45) is 0 Å². The van der Waals surface area contributed by atoms with Gasteiger partial charge in [-0.15, -0.1) is 0 Å². The van der Waals surface area contributed by atoms with Gasteiger partial charge in [0.05, 0.1) is 11.9 Å². The van der Waals surface area contributed by atoms with E-state index in [4.69, 9.17) is 4.74 Å². The van der Waals surface area contributed by atoms with E-state index in [-0.39, 0.29) is 24.8 Å². The zero-order chi connectivity index (χ0) is 15.3. The van der Waals surface area contributed by atoms with Crippen LogP contribution in [0.1, 0.15) is 24.8 Å². The van der Waals surface area contributed by atoms with Gasteiger partial charge < -0.3 is 4.74 Å². The van der Waals surface area contributed by atoms with Crippen molar-refractivity contribution in [1.29, 1.82) is 0 Å². The highest BCUT2D eigenvalue weighted by Gasteiger charge is 2.19. The third-order valence-electron chi connectivity index (χ3n) is 3.46. The summed E-state index contributed by atoms with van der Waals surface area (Å²) in [7, 11) is -3.39. The van der Waals surface area contributed by atoms with Crippen molar-refractivity contribution in [3.63, 3.8) is 0 Å². The highest BCUT2D eigenvalue weighted by molar-refractivity contribution is 7.89. The summed E-state index contributed by atoms with van der Waals surface area (Å²) in [5.74, 6) is -1.30. The van der Waals surface area contributed by atoms with Crippen molar-refractivity contribution < 1.29 is 21.9 Å². The number of halogens is 2. The largest absolute Gasteiger partial charge is 0.378 e. The van der Waals surface area contributed by atoms with Crippen LogP contribution >= 0.6 is 0 Å². The zero-order valence-corrected chi connectivity index (χ0v) is 12.5. The van der Waals surface area contributed by atoms with Crippen LogP contribution in [0.5, 0.6) is 0 Å². The van der Waals surface area contributed by atoms with Crippen molar-refractivity contribution >= 4 is 10.0 Å². The van der Waals surface area contributed by atoms with E-state index in [0.29, 0.717) is 18.6 Å². The van der Waals surface area contributed by atoms with Gasteiger partial charge in [0.15, 0.2) is 0 Å². The highest BCUT2D eigenvalue weighted by atomic mass is 32.2. The summed E-state index contributed by atoms with van der Waals surface area (Å²) in [6, 6.07) is 3.27. The Balaban J connectivity index is 1.75. The van der Waals surface area contributed by atoms with E-state index in [1.807, 2.05) is 0 Å². The van der Waals surface area contributed by atoms with Gasteiger partial charge in [0.1, 0.15) is 11.6 Å². The van der Waals surface area contributed by atoms with Crippen LogP contribution in [0.4, 0.5) is 8.78 Å². The van der Waals surface area contributed by atoms with E-state index in [2.05, 4.69) is 4.72 Å². The highest BCUT2D eigenvalue weighted by Crippen LogP contribution is 2.15. The summed E-state index contributed by atoms with van der Waals surface area (Å²) < 4.78 is 57.5. The summed E-state index contributed by atoms with van der Waals surface area (Å²) in [5.41, 5.74) is 0.290. The van der Waals surface area contributed by atoms with Gasteiger partial charge >= 0.3 is 0 Å². The lowest BCUT2D eigenvalue weighted by molar-refractivity contribution is 0.109. The number of hydrogen-bond acceptors (Lipinski definition) is 3. The van der Waals surface area contributed by atoms with Crippen LogP contribution in [-0.4, -0.2) is 33.4 Å². The third kappa shape index (κ3) is 5.33. The Kier molecular flexibility index (Phi) is 5.66. The summed E-state index contributed by atoms with van der Waals surface area (Å²) in [6.07, 6.45) is 2.56. The average Bonchev–Trinajstić information content (AvgIpc) is 2.92. The molecule has 1 fully saturated rings. The standard InChI is InChI=1S/C14H19F2NO3S/c15-12-4-3-11(14(16)10-12)5-7-17-21(18,19)9-6-13-2-1-8-20-13/h3-4,10,13,17H,1-2,5-9H2/t13-/m1/s1.